The lowest BCUT2D eigenvalue weighted by Gasteiger charge is -2.54. The maximum absolute atomic E-state index is 13.8. The Morgan fingerprint density at radius 3 is 2.69 bits per heavy atom. The molecular weight excluding hydrogens is 205 g/mol. The van der Waals surface area contributed by atoms with Crippen molar-refractivity contribution in [3.8, 4) is 6.07 Å². The van der Waals surface area contributed by atoms with Gasteiger partial charge >= 0.3 is 0 Å². The summed E-state index contributed by atoms with van der Waals surface area (Å²) >= 11 is 0. The Labute approximate surface area is 93.5 Å². The monoisotopic (exact) mass is 217 g/mol. The number of piperazine rings is 1. The molecule has 4 heteroatoms. The van der Waals surface area contributed by atoms with Crippen LogP contribution in [0.2, 0.25) is 0 Å². The smallest absolute Gasteiger partial charge is 0.147 e. The van der Waals surface area contributed by atoms with E-state index < -0.39 is 0 Å². The fraction of sp³-hybridized carbons (Fsp3) is 0.417. The Kier molecular flexibility index (Phi) is 2.08. The lowest BCUT2D eigenvalue weighted by atomic mass is 9.88. The molecule has 2 heterocycles. The van der Waals surface area contributed by atoms with Crippen molar-refractivity contribution in [1.29, 1.82) is 5.26 Å². The van der Waals surface area contributed by atoms with E-state index in [1.54, 1.807) is 12.1 Å². The molecule has 2 saturated heterocycles. The number of anilines is 1. The quantitative estimate of drug-likeness (QED) is 0.769. The van der Waals surface area contributed by atoms with Crippen LogP contribution in [0.5, 0.6) is 0 Å². The molecule has 1 aromatic carbocycles. The molecule has 0 aliphatic carbocycles. The molecule has 82 valence electrons. The summed E-state index contributed by atoms with van der Waals surface area (Å²) in [4.78, 5) is 2.13. The van der Waals surface area contributed by atoms with Crippen molar-refractivity contribution in [3.05, 3.63) is 29.6 Å². The number of benzene rings is 1. The average Bonchev–Trinajstić information content (AvgIpc) is 2.32. The molecule has 0 saturated carbocycles. The predicted molar refractivity (Wildman–Crippen MR) is 58.7 cm³/mol. The molecule has 0 amide bonds. The van der Waals surface area contributed by atoms with Crippen LogP contribution in [0.25, 0.3) is 0 Å². The summed E-state index contributed by atoms with van der Waals surface area (Å²) in [6, 6.07) is 7.50. The van der Waals surface area contributed by atoms with E-state index >= 15 is 0 Å². The van der Waals surface area contributed by atoms with Gasteiger partial charge in [-0.25, -0.2) is 4.39 Å². The predicted octanol–water partition coefficient (Wildman–Crippen LogP) is 1.25. The van der Waals surface area contributed by atoms with Crippen molar-refractivity contribution in [2.45, 2.75) is 18.5 Å². The number of piperidine rings is 1. The molecule has 2 fully saturated rings. The van der Waals surface area contributed by atoms with Crippen molar-refractivity contribution < 1.29 is 4.39 Å². The van der Waals surface area contributed by atoms with Gasteiger partial charge in [0.25, 0.3) is 0 Å². The molecule has 2 bridgehead atoms. The van der Waals surface area contributed by atoms with Crippen LogP contribution < -0.4 is 10.2 Å². The Balaban J connectivity index is 1.93. The summed E-state index contributed by atoms with van der Waals surface area (Å²) in [7, 11) is 0. The van der Waals surface area contributed by atoms with Crippen LogP contribution in [-0.4, -0.2) is 25.2 Å². The Bertz CT molecular complexity index is 452. The number of fused-ring (bicyclic) bond motifs is 2. The van der Waals surface area contributed by atoms with Gasteiger partial charge in [0.15, 0.2) is 0 Å². The highest BCUT2D eigenvalue weighted by Crippen LogP contribution is 2.35. The minimum absolute atomic E-state index is 0.282. The van der Waals surface area contributed by atoms with Crippen LogP contribution in [0, 0.1) is 17.1 Å². The summed E-state index contributed by atoms with van der Waals surface area (Å²) in [5.41, 5.74) is 1.02. The first-order valence-electron chi connectivity index (χ1n) is 5.48. The van der Waals surface area contributed by atoms with Crippen molar-refractivity contribution in [2.75, 3.05) is 18.0 Å². The second-order valence-corrected chi connectivity index (χ2v) is 4.39. The molecule has 3 nitrogen and oxygen atoms in total. The topological polar surface area (TPSA) is 39.1 Å². The van der Waals surface area contributed by atoms with E-state index in [1.165, 1.54) is 6.07 Å². The van der Waals surface area contributed by atoms with Crippen LogP contribution in [-0.2, 0) is 0 Å². The zero-order valence-electron chi connectivity index (χ0n) is 8.78. The van der Waals surface area contributed by atoms with Crippen molar-refractivity contribution in [1.82, 2.24) is 5.32 Å². The number of halogens is 1. The third-order valence-corrected chi connectivity index (χ3v) is 3.45. The molecule has 2 aliphatic heterocycles. The van der Waals surface area contributed by atoms with Gasteiger partial charge in [0, 0.05) is 25.2 Å². The van der Waals surface area contributed by atoms with Crippen LogP contribution in [0.3, 0.4) is 0 Å². The zero-order valence-corrected chi connectivity index (χ0v) is 8.78. The third-order valence-electron chi connectivity index (χ3n) is 3.45. The van der Waals surface area contributed by atoms with E-state index in [1.807, 2.05) is 6.07 Å². The molecule has 0 radical (unpaired) electrons. The molecule has 1 N–H and O–H groups in total. The lowest BCUT2D eigenvalue weighted by Crippen LogP contribution is -2.68. The van der Waals surface area contributed by atoms with Crippen molar-refractivity contribution >= 4 is 5.69 Å². The van der Waals surface area contributed by atoms with Gasteiger partial charge in [0.1, 0.15) is 5.82 Å². The van der Waals surface area contributed by atoms with E-state index in [4.69, 9.17) is 5.26 Å². The van der Waals surface area contributed by atoms with Gasteiger partial charge in [-0.15, -0.1) is 0 Å². The Morgan fingerprint density at radius 2 is 2.12 bits per heavy atom. The molecule has 2 aliphatic rings. The van der Waals surface area contributed by atoms with Gasteiger partial charge < -0.3 is 10.2 Å². The maximum atomic E-state index is 13.8. The van der Waals surface area contributed by atoms with Gasteiger partial charge in [-0.2, -0.15) is 5.26 Å². The van der Waals surface area contributed by atoms with E-state index in [0.717, 1.165) is 19.5 Å². The van der Waals surface area contributed by atoms with Gasteiger partial charge in [0.05, 0.1) is 17.3 Å². The maximum Gasteiger partial charge on any atom is 0.147 e. The summed E-state index contributed by atoms with van der Waals surface area (Å²) in [6.07, 6.45) is 1.15. The lowest BCUT2D eigenvalue weighted by molar-refractivity contribution is 0.260. The molecule has 0 aromatic heterocycles. The number of nitrogens with zero attached hydrogens (tertiary/aromatic N) is 2. The Hall–Kier alpha value is -1.60. The zero-order chi connectivity index (χ0) is 11.1. The van der Waals surface area contributed by atoms with E-state index in [2.05, 4.69) is 10.2 Å². The first-order chi connectivity index (χ1) is 7.79. The van der Waals surface area contributed by atoms with Crippen LogP contribution >= 0.6 is 0 Å². The summed E-state index contributed by atoms with van der Waals surface area (Å²) in [6.45, 7) is 1.85. The third kappa shape index (κ3) is 1.29. The largest absolute Gasteiger partial charge is 0.360 e. The number of rotatable bonds is 1. The highest BCUT2D eigenvalue weighted by atomic mass is 19.1. The molecule has 16 heavy (non-hydrogen) atoms. The van der Waals surface area contributed by atoms with Gasteiger partial charge in [-0.05, 0) is 24.6 Å². The van der Waals surface area contributed by atoms with E-state index in [9.17, 15) is 4.39 Å². The minimum atomic E-state index is -0.282. The molecule has 1 aromatic rings. The van der Waals surface area contributed by atoms with E-state index in [-0.39, 0.29) is 5.82 Å². The SMILES string of the molecule is N#Cc1ccc(N2C3CNCC2C3)c(F)c1. The first kappa shape index (κ1) is 9.61. The Morgan fingerprint density at radius 1 is 1.38 bits per heavy atom. The summed E-state index contributed by atoms with van der Waals surface area (Å²) in [5.74, 6) is -0.282. The van der Waals surface area contributed by atoms with Gasteiger partial charge in [-0.3, -0.25) is 0 Å². The number of hydrogen-bond acceptors (Lipinski definition) is 3. The second-order valence-electron chi connectivity index (χ2n) is 4.39. The van der Waals surface area contributed by atoms with Gasteiger partial charge in [0.2, 0.25) is 0 Å². The molecule has 0 spiro atoms. The van der Waals surface area contributed by atoms with Crippen molar-refractivity contribution in [3.63, 3.8) is 0 Å². The van der Waals surface area contributed by atoms with Crippen LogP contribution in [0.1, 0.15) is 12.0 Å². The fourth-order valence-electron chi connectivity index (χ4n) is 2.66. The molecule has 2 unspecified atom stereocenters. The minimum Gasteiger partial charge on any atom is -0.360 e. The number of nitrogens with one attached hydrogen (secondary N) is 1. The van der Waals surface area contributed by atoms with Gasteiger partial charge in [-0.1, -0.05) is 0 Å². The highest BCUT2D eigenvalue weighted by molar-refractivity contribution is 5.55. The number of nitriles is 1. The molecular formula is C12H12FN3. The highest BCUT2D eigenvalue weighted by Gasteiger charge is 2.42. The number of hydrogen-bond donors (Lipinski definition) is 1. The molecule has 2 atom stereocenters. The normalized spacial score (nSPS) is 27.1. The standard InChI is InChI=1S/C12H12FN3/c13-11-3-8(5-14)1-2-12(11)16-9-4-10(16)7-15-6-9/h1-3,9-10,15H,4,6-7H2. The summed E-state index contributed by atoms with van der Waals surface area (Å²) < 4.78 is 13.8. The summed E-state index contributed by atoms with van der Waals surface area (Å²) in [5, 5.41) is 12.0. The van der Waals surface area contributed by atoms with E-state index in [0.29, 0.717) is 23.3 Å². The van der Waals surface area contributed by atoms with Crippen molar-refractivity contribution in [2.24, 2.45) is 0 Å². The fourth-order valence-corrected chi connectivity index (χ4v) is 2.66. The first-order valence-corrected chi connectivity index (χ1v) is 5.48. The average molecular weight is 217 g/mol. The van der Waals surface area contributed by atoms with Crippen LogP contribution in [0.4, 0.5) is 10.1 Å². The molecule has 3 rings (SSSR count). The second kappa shape index (κ2) is 3.46. The van der Waals surface area contributed by atoms with Crippen LogP contribution in [0.15, 0.2) is 18.2 Å².